The van der Waals surface area contributed by atoms with Crippen LogP contribution in [0.15, 0.2) is 66.0 Å². The second-order valence-corrected chi connectivity index (χ2v) is 6.78. The molecule has 5 aromatic rings. The van der Waals surface area contributed by atoms with E-state index in [1.807, 2.05) is 60.0 Å². The molecular formula is C21H17N7O. The number of benzene rings is 2. The lowest BCUT2D eigenvalue weighted by molar-refractivity contribution is 0.718. The first-order chi connectivity index (χ1) is 14.1. The Morgan fingerprint density at radius 2 is 1.83 bits per heavy atom. The Morgan fingerprint density at radius 1 is 1.00 bits per heavy atom. The number of imidazole rings is 1. The lowest BCUT2D eigenvalue weighted by Gasteiger charge is -2.15. The van der Waals surface area contributed by atoms with E-state index >= 15 is 0 Å². The topological polar surface area (TPSA) is 105 Å². The van der Waals surface area contributed by atoms with Gasteiger partial charge in [-0.15, -0.1) is 0 Å². The zero-order chi connectivity index (χ0) is 20.0. The molecule has 0 aliphatic carbocycles. The molecule has 0 fully saturated rings. The third-order valence-corrected chi connectivity index (χ3v) is 4.93. The molecule has 3 heterocycles. The zero-order valence-electron chi connectivity index (χ0n) is 15.6. The molecule has 8 heteroatoms. The molecule has 0 bridgehead atoms. The first kappa shape index (κ1) is 17.1. The molecule has 8 nitrogen and oxygen atoms in total. The summed E-state index contributed by atoms with van der Waals surface area (Å²) in [5, 5.41) is 0.613. The van der Waals surface area contributed by atoms with E-state index in [0.717, 1.165) is 11.3 Å². The zero-order valence-corrected chi connectivity index (χ0v) is 15.6. The highest BCUT2D eigenvalue weighted by Gasteiger charge is 2.16. The van der Waals surface area contributed by atoms with Crippen molar-refractivity contribution in [1.29, 1.82) is 0 Å². The molecule has 0 spiro atoms. The Kier molecular flexibility index (Phi) is 3.83. The average molecular weight is 383 g/mol. The molecule has 0 amide bonds. The van der Waals surface area contributed by atoms with Crippen molar-refractivity contribution in [1.82, 2.24) is 29.1 Å². The summed E-state index contributed by atoms with van der Waals surface area (Å²) in [5.41, 5.74) is 9.23. The van der Waals surface area contributed by atoms with Gasteiger partial charge in [0.1, 0.15) is 17.7 Å². The smallest absolute Gasteiger partial charge is 0.266 e. The summed E-state index contributed by atoms with van der Waals surface area (Å²) in [6.07, 6.45) is 3.04. The predicted molar refractivity (Wildman–Crippen MR) is 111 cm³/mol. The third kappa shape index (κ3) is 2.73. The lowest BCUT2D eigenvalue weighted by Crippen LogP contribution is -2.25. The average Bonchev–Trinajstić information content (AvgIpc) is 3.13. The molecule has 29 heavy (non-hydrogen) atoms. The summed E-state index contributed by atoms with van der Waals surface area (Å²) in [6.45, 7) is 2.23. The van der Waals surface area contributed by atoms with Crippen LogP contribution in [0.25, 0.3) is 27.8 Å². The van der Waals surface area contributed by atoms with Crippen LogP contribution in [-0.2, 0) is 6.54 Å². The number of nitrogens with two attached hydrogens (primary N) is 1. The van der Waals surface area contributed by atoms with Gasteiger partial charge in [-0.25, -0.2) is 19.9 Å². The SMILES string of the molecule is Cc1cccc2nc(Cn3cnc4c(N)ncnc43)n(-c3ccccc3)c(=O)c12. The maximum atomic E-state index is 13.5. The molecule has 0 aliphatic rings. The van der Waals surface area contributed by atoms with Crippen molar-refractivity contribution in [3.63, 3.8) is 0 Å². The summed E-state index contributed by atoms with van der Waals surface area (Å²) >= 11 is 0. The van der Waals surface area contributed by atoms with Crippen molar-refractivity contribution in [2.24, 2.45) is 0 Å². The summed E-state index contributed by atoms with van der Waals surface area (Å²) in [6, 6.07) is 15.2. The number of nitrogen functional groups attached to an aromatic ring is 1. The molecule has 142 valence electrons. The van der Waals surface area contributed by atoms with Crippen LogP contribution in [0.1, 0.15) is 11.4 Å². The van der Waals surface area contributed by atoms with Gasteiger partial charge in [-0.2, -0.15) is 0 Å². The van der Waals surface area contributed by atoms with Gasteiger partial charge in [0.2, 0.25) is 0 Å². The molecule has 0 saturated heterocycles. The van der Waals surface area contributed by atoms with Crippen molar-refractivity contribution in [2.45, 2.75) is 13.5 Å². The number of aromatic nitrogens is 6. The van der Waals surface area contributed by atoms with E-state index in [2.05, 4.69) is 15.0 Å². The maximum absolute atomic E-state index is 13.5. The second kappa shape index (κ2) is 6.52. The first-order valence-corrected chi connectivity index (χ1v) is 9.11. The fourth-order valence-electron chi connectivity index (χ4n) is 3.56. The summed E-state index contributed by atoms with van der Waals surface area (Å²) in [5.74, 6) is 0.895. The number of aryl methyl sites for hydroxylation is 1. The van der Waals surface area contributed by atoms with Gasteiger partial charge in [-0.05, 0) is 30.7 Å². The monoisotopic (exact) mass is 383 g/mol. The van der Waals surface area contributed by atoms with E-state index in [-0.39, 0.29) is 5.56 Å². The number of nitrogens with zero attached hydrogens (tertiary/aromatic N) is 6. The maximum Gasteiger partial charge on any atom is 0.266 e. The van der Waals surface area contributed by atoms with Crippen LogP contribution >= 0.6 is 0 Å². The number of anilines is 1. The van der Waals surface area contributed by atoms with Crippen LogP contribution in [0.2, 0.25) is 0 Å². The fraction of sp³-hybridized carbons (Fsp3) is 0.0952. The Hall–Kier alpha value is -4.07. The number of hydrogen-bond donors (Lipinski definition) is 1. The first-order valence-electron chi connectivity index (χ1n) is 9.11. The second-order valence-electron chi connectivity index (χ2n) is 6.78. The number of fused-ring (bicyclic) bond motifs is 2. The highest BCUT2D eigenvalue weighted by Crippen LogP contribution is 2.19. The minimum Gasteiger partial charge on any atom is -0.382 e. The van der Waals surface area contributed by atoms with Crippen LogP contribution in [0.4, 0.5) is 5.82 Å². The number of rotatable bonds is 3. The Labute approximate surface area is 165 Å². The largest absolute Gasteiger partial charge is 0.382 e. The summed E-state index contributed by atoms with van der Waals surface area (Å²) in [4.78, 5) is 30.9. The van der Waals surface area contributed by atoms with Gasteiger partial charge in [0.05, 0.1) is 29.5 Å². The number of hydrogen-bond acceptors (Lipinski definition) is 6. The minimum atomic E-state index is -0.104. The van der Waals surface area contributed by atoms with E-state index < -0.39 is 0 Å². The van der Waals surface area contributed by atoms with Crippen LogP contribution in [0, 0.1) is 6.92 Å². The van der Waals surface area contributed by atoms with Crippen molar-refractivity contribution in [2.75, 3.05) is 5.73 Å². The van der Waals surface area contributed by atoms with Crippen molar-refractivity contribution >= 4 is 27.9 Å². The molecule has 5 rings (SSSR count). The third-order valence-electron chi connectivity index (χ3n) is 4.93. The predicted octanol–water partition coefficient (Wildman–Crippen LogP) is 2.46. The van der Waals surface area contributed by atoms with Gasteiger partial charge >= 0.3 is 0 Å². The van der Waals surface area contributed by atoms with Gasteiger partial charge < -0.3 is 10.3 Å². The lowest BCUT2D eigenvalue weighted by atomic mass is 10.1. The molecule has 0 radical (unpaired) electrons. The highest BCUT2D eigenvalue weighted by atomic mass is 16.1. The molecule has 0 aliphatic heterocycles. The molecular weight excluding hydrogens is 366 g/mol. The van der Waals surface area contributed by atoms with E-state index in [1.54, 1.807) is 10.9 Å². The Bertz CT molecular complexity index is 1420. The van der Waals surface area contributed by atoms with Crippen molar-refractivity contribution < 1.29 is 0 Å². The van der Waals surface area contributed by atoms with E-state index in [9.17, 15) is 4.79 Å². The van der Waals surface area contributed by atoms with E-state index in [4.69, 9.17) is 10.7 Å². The minimum absolute atomic E-state index is 0.104. The van der Waals surface area contributed by atoms with Gasteiger partial charge in [-0.3, -0.25) is 9.36 Å². The van der Waals surface area contributed by atoms with E-state index in [0.29, 0.717) is 40.3 Å². The van der Waals surface area contributed by atoms with Crippen LogP contribution in [0.3, 0.4) is 0 Å². The standard InChI is InChI=1S/C21H17N7O/c1-13-6-5-9-15-17(13)21(29)28(14-7-3-2-4-8-14)16(26-15)10-27-12-25-18-19(22)23-11-24-20(18)27/h2-9,11-12H,10H2,1H3,(H2,22,23,24). The molecule has 2 N–H and O–H groups in total. The quantitative estimate of drug-likeness (QED) is 0.513. The summed E-state index contributed by atoms with van der Waals surface area (Å²) < 4.78 is 3.46. The van der Waals surface area contributed by atoms with Gasteiger partial charge in [0.25, 0.3) is 5.56 Å². The number of para-hydroxylation sites is 1. The Balaban J connectivity index is 1.78. The molecule has 0 atom stereocenters. The fourth-order valence-corrected chi connectivity index (χ4v) is 3.56. The van der Waals surface area contributed by atoms with E-state index in [1.165, 1.54) is 6.33 Å². The molecule has 2 aromatic carbocycles. The van der Waals surface area contributed by atoms with Crippen LogP contribution in [0.5, 0.6) is 0 Å². The highest BCUT2D eigenvalue weighted by molar-refractivity contribution is 5.82. The molecule has 3 aromatic heterocycles. The Morgan fingerprint density at radius 3 is 2.66 bits per heavy atom. The molecule has 0 unspecified atom stereocenters. The van der Waals surface area contributed by atoms with Crippen molar-refractivity contribution in [3.8, 4) is 5.69 Å². The molecule has 0 saturated carbocycles. The van der Waals surface area contributed by atoms with Crippen LogP contribution in [-0.4, -0.2) is 29.1 Å². The summed E-state index contributed by atoms with van der Waals surface area (Å²) in [7, 11) is 0. The normalized spacial score (nSPS) is 11.3. The van der Waals surface area contributed by atoms with Crippen LogP contribution < -0.4 is 11.3 Å². The van der Waals surface area contributed by atoms with Gasteiger partial charge in [-0.1, -0.05) is 30.3 Å². The van der Waals surface area contributed by atoms with Crippen molar-refractivity contribution in [3.05, 3.63) is 82.9 Å². The van der Waals surface area contributed by atoms with Gasteiger partial charge in [0.15, 0.2) is 11.5 Å². The van der Waals surface area contributed by atoms with Gasteiger partial charge in [0, 0.05) is 0 Å².